The van der Waals surface area contributed by atoms with Crippen LogP contribution in [-0.2, 0) is 17.1 Å². The van der Waals surface area contributed by atoms with Crippen LogP contribution in [0.15, 0.2) is 42.5 Å². The lowest BCUT2D eigenvalue weighted by Gasteiger charge is -2.32. The van der Waals surface area contributed by atoms with Crippen molar-refractivity contribution in [2.24, 2.45) is 5.92 Å². The van der Waals surface area contributed by atoms with Crippen LogP contribution in [0.5, 0.6) is 0 Å². The number of carbonyl (C=O) groups is 1. The zero-order valence-electron chi connectivity index (χ0n) is 15.0. The molecule has 2 nitrogen and oxygen atoms in total. The molecule has 0 saturated heterocycles. The van der Waals surface area contributed by atoms with Gasteiger partial charge in [0, 0.05) is 24.3 Å². The number of hydrogen-bond acceptors (Lipinski definition) is 2. The van der Waals surface area contributed by atoms with E-state index in [0.29, 0.717) is 12.1 Å². The van der Waals surface area contributed by atoms with Crippen molar-refractivity contribution in [1.82, 2.24) is 4.98 Å². The van der Waals surface area contributed by atoms with E-state index in [0.717, 1.165) is 6.08 Å². The van der Waals surface area contributed by atoms with Gasteiger partial charge in [-0.15, -0.1) is 0 Å². The van der Waals surface area contributed by atoms with Crippen molar-refractivity contribution in [2.45, 2.75) is 31.1 Å². The Morgan fingerprint density at radius 2 is 1.53 bits per heavy atom. The van der Waals surface area contributed by atoms with E-state index in [1.165, 1.54) is 24.3 Å². The van der Waals surface area contributed by atoms with Gasteiger partial charge in [0.2, 0.25) is 5.92 Å². The highest BCUT2D eigenvalue weighted by Crippen LogP contribution is 2.43. The van der Waals surface area contributed by atoms with E-state index in [-0.39, 0.29) is 17.5 Å². The third-order valence-corrected chi connectivity index (χ3v) is 4.56. The molecule has 1 aromatic carbocycles. The fourth-order valence-electron chi connectivity index (χ4n) is 2.97. The monoisotopic (exact) mass is 435 g/mol. The first kappa shape index (κ1) is 21.9. The Bertz CT molecular complexity index is 951. The fraction of sp³-hybridized carbons (Fsp3) is 0.300. The SMILES string of the molecule is O=C(C=Cc1cccc(-c2cc(C(F)(F)F)cc(C(F)(F)F)c2)n1)C1CC(F)(F)C1. The molecule has 0 atom stereocenters. The molecule has 1 fully saturated rings. The van der Waals surface area contributed by atoms with Gasteiger partial charge in [0.1, 0.15) is 0 Å². The van der Waals surface area contributed by atoms with Crippen LogP contribution >= 0.6 is 0 Å². The number of allylic oxidation sites excluding steroid dienone is 1. The summed E-state index contributed by atoms with van der Waals surface area (Å²) in [6.45, 7) is 0. The van der Waals surface area contributed by atoms with E-state index in [1.807, 2.05) is 0 Å². The summed E-state index contributed by atoms with van der Waals surface area (Å²) in [6.07, 6.45) is -8.91. The number of nitrogens with zero attached hydrogens (tertiary/aromatic N) is 1. The Labute approximate surface area is 165 Å². The summed E-state index contributed by atoms with van der Waals surface area (Å²) < 4.78 is 104. The van der Waals surface area contributed by atoms with Gasteiger partial charge in [0.05, 0.1) is 22.5 Å². The standard InChI is InChI=1S/C20H13F8NO/c21-18(22)9-12(10-18)17(30)5-4-15-2-1-3-16(29-15)11-6-13(19(23,24)25)8-14(7-11)20(26,27)28/h1-8,12H,9-10H2. The zero-order chi connectivity index (χ0) is 22.3. The molecule has 0 spiro atoms. The first-order valence-corrected chi connectivity index (χ1v) is 8.61. The highest BCUT2D eigenvalue weighted by Gasteiger charge is 2.47. The topological polar surface area (TPSA) is 30.0 Å². The fourth-order valence-corrected chi connectivity index (χ4v) is 2.97. The molecule has 0 bridgehead atoms. The van der Waals surface area contributed by atoms with Gasteiger partial charge in [-0.25, -0.2) is 13.8 Å². The quantitative estimate of drug-likeness (QED) is 0.410. The maximum Gasteiger partial charge on any atom is 0.416 e. The molecule has 2 aromatic rings. The minimum absolute atomic E-state index is 0.0142. The molecule has 0 N–H and O–H groups in total. The predicted octanol–water partition coefficient (Wildman–Crippen LogP) is 6.41. The molecule has 0 aliphatic heterocycles. The number of aromatic nitrogens is 1. The Morgan fingerprint density at radius 1 is 0.967 bits per heavy atom. The summed E-state index contributed by atoms with van der Waals surface area (Å²) in [4.78, 5) is 15.8. The van der Waals surface area contributed by atoms with Gasteiger partial charge in [-0.05, 0) is 42.5 Å². The first-order valence-electron chi connectivity index (χ1n) is 8.61. The van der Waals surface area contributed by atoms with Crippen LogP contribution in [0.2, 0.25) is 0 Å². The minimum Gasteiger partial charge on any atom is -0.295 e. The summed E-state index contributed by atoms with van der Waals surface area (Å²) in [6, 6.07) is 5.05. The third-order valence-electron chi connectivity index (χ3n) is 4.56. The van der Waals surface area contributed by atoms with Gasteiger partial charge in [-0.2, -0.15) is 26.3 Å². The molecule has 0 radical (unpaired) electrons. The number of rotatable bonds is 4. The molecule has 3 rings (SSSR count). The average molecular weight is 435 g/mol. The van der Waals surface area contributed by atoms with E-state index < -0.39 is 59.5 Å². The molecule has 160 valence electrons. The molecule has 1 aliphatic rings. The van der Waals surface area contributed by atoms with Gasteiger partial charge >= 0.3 is 12.4 Å². The number of ketones is 1. The maximum atomic E-state index is 13.0. The van der Waals surface area contributed by atoms with Crippen LogP contribution in [0, 0.1) is 5.92 Å². The highest BCUT2D eigenvalue weighted by molar-refractivity contribution is 5.95. The van der Waals surface area contributed by atoms with E-state index in [9.17, 15) is 39.9 Å². The second-order valence-electron chi connectivity index (χ2n) is 6.94. The van der Waals surface area contributed by atoms with Gasteiger partial charge < -0.3 is 0 Å². The lowest BCUT2D eigenvalue weighted by Crippen LogP contribution is -2.39. The van der Waals surface area contributed by atoms with Gasteiger partial charge in [0.15, 0.2) is 5.78 Å². The van der Waals surface area contributed by atoms with E-state index in [2.05, 4.69) is 4.98 Å². The number of hydrogen-bond donors (Lipinski definition) is 0. The smallest absolute Gasteiger partial charge is 0.295 e. The largest absolute Gasteiger partial charge is 0.416 e. The maximum absolute atomic E-state index is 13.0. The number of halogens is 8. The number of benzene rings is 1. The van der Waals surface area contributed by atoms with E-state index >= 15 is 0 Å². The van der Waals surface area contributed by atoms with E-state index in [4.69, 9.17) is 0 Å². The number of carbonyl (C=O) groups excluding carboxylic acids is 1. The zero-order valence-corrected chi connectivity index (χ0v) is 15.0. The summed E-state index contributed by atoms with van der Waals surface area (Å²) in [5, 5.41) is 0. The van der Waals surface area contributed by atoms with Crippen molar-refractivity contribution in [3.8, 4) is 11.3 Å². The summed E-state index contributed by atoms with van der Waals surface area (Å²) in [5.74, 6) is -4.24. The molecular weight excluding hydrogens is 422 g/mol. The molecule has 0 amide bonds. The lowest BCUT2D eigenvalue weighted by atomic mass is 9.78. The second kappa shape index (κ2) is 7.48. The molecule has 10 heteroatoms. The molecule has 1 aliphatic carbocycles. The molecule has 0 unspecified atom stereocenters. The van der Waals surface area contributed by atoms with Crippen LogP contribution in [0.1, 0.15) is 29.7 Å². The van der Waals surface area contributed by atoms with Crippen molar-refractivity contribution in [2.75, 3.05) is 0 Å². The summed E-state index contributed by atoms with van der Waals surface area (Å²) in [5.41, 5.74) is -3.45. The average Bonchev–Trinajstić information content (AvgIpc) is 2.62. The van der Waals surface area contributed by atoms with Crippen LogP contribution < -0.4 is 0 Å². The van der Waals surface area contributed by atoms with Crippen molar-refractivity contribution < 1.29 is 39.9 Å². The highest BCUT2D eigenvalue weighted by atomic mass is 19.4. The Kier molecular flexibility index (Phi) is 5.46. The van der Waals surface area contributed by atoms with Gasteiger partial charge in [-0.1, -0.05) is 6.07 Å². The van der Waals surface area contributed by atoms with Crippen LogP contribution in [0.4, 0.5) is 35.1 Å². The third kappa shape index (κ3) is 5.03. The van der Waals surface area contributed by atoms with Crippen molar-refractivity contribution in [1.29, 1.82) is 0 Å². The Hall–Kier alpha value is -2.78. The van der Waals surface area contributed by atoms with Crippen LogP contribution in [0.3, 0.4) is 0 Å². The van der Waals surface area contributed by atoms with Crippen molar-refractivity contribution in [3.05, 3.63) is 59.3 Å². The lowest BCUT2D eigenvalue weighted by molar-refractivity contribution is -0.143. The first-order chi connectivity index (χ1) is 13.7. The van der Waals surface area contributed by atoms with Crippen molar-refractivity contribution in [3.63, 3.8) is 0 Å². The van der Waals surface area contributed by atoms with E-state index in [1.54, 1.807) is 0 Å². The minimum atomic E-state index is -5.00. The molecule has 1 heterocycles. The second-order valence-corrected chi connectivity index (χ2v) is 6.94. The number of pyridine rings is 1. The summed E-state index contributed by atoms with van der Waals surface area (Å²) >= 11 is 0. The molecule has 30 heavy (non-hydrogen) atoms. The van der Waals surface area contributed by atoms with Crippen LogP contribution in [0.25, 0.3) is 17.3 Å². The Balaban J connectivity index is 1.90. The molecule has 1 saturated carbocycles. The number of alkyl halides is 8. The molecular formula is C20H13F8NO. The Morgan fingerprint density at radius 3 is 2.03 bits per heavy atom. The molecule has 1 aromatic heterocycles. The van der Waals surface area contributed by atoms with Gasteiger partial charge in [0.25, 0.3) is 0 Å². The van der Waals surface area contributed by atoms with Crippen molar-refractivity contribution >= 4 is 11.9 Å². The predicted molar refractivity (Wildman–Crippen MR) is 91.4 cm³/mol. The normalized spacial score (nSPS) is 17.2. The summed E-state index contributed by atoms with van der Waals surface area (Å²) in [7, 11) is 0. The van der Waals surface area contributed by atoms with Crippen LogP contribution in [-0.4, -0.2) is 16.7 Å². The van der Waals surface area contributed by atoms with Gasteiger partial charge in [-0.3, -0.25) is 4.79 Å².